The van der Waals surface area contributed by atoms with Crippen LogP contribution in [-0.2, 0) is 4.79 Å². The molecule has 1 atom stereocenters. The topological polar surface area (TPSA) is 80.4 Å². The maximum absolute atomic E-state index is 11.1. The predicted octanol–water partition coefficient (Wildman–Crippen LogP) is 6.60. The molecular formula is C23H37NO4S. The van der Waals surface area contributed by atoms with Gasteiger partial charge in [0.25, 0.3) is 0 Å². The van der Waals surface area contributed by atoms with Crippen LogP contribution in [-0.4, -0.2) is 33.5 Å². The van der Waals surface area contributed by atoms with Gasteiger partial charge < -0.3 is 5.11 Å². The third kappa shape index (κ3) is 20.7. The molecule has 0 aliphatic rings. The monoisotopic (exact) mass is 423 g/mol. The summed E-state index contributed by atoms with van der Waals surface area (Å²) in [5, 5.41) is 19.7. The summed E-state index contributed by atoms with van der Waals surface area (Å²) in [6, 6.07) is -0.764. The first kappa shape index (κ1) is 27.2. The number of carboxylic acid groups (broad SMARTS) is 1. The van der Waals surface area contributed by atoms with E-state index in [0.717, 1.165) is 37.9 Å². The minimum Gasteiger partial charge on any atom is -0.481 e. The van der Waals surface area contributed by atoms with Gasteiger partial charge in [-0.1, -0.05) is 56.2 Å². The summed E-state index contributed by atoms with van der Waals surface area (Å²) in [7, 11) is 0. The van der Waals surface area contributed by atoms with Gasteiger partial charge >= 0.3 is 5.97 Å². The number of nitrogens with zero attached hydrogens (tertiary/aromatic N) is 1. The number of allylic oxidation sites excluding steroid dienone is 6. The number of rotatable bonds is 19. The summed E-state index contributed by atoms with van der Waals surface area (Å²) in [5.41, 5.74) is 0. The Morgan fingerprint density at radius 1 is 0.931 bits per heavy atom. The van der Waals surface area contributed by atoms with E-state index in [4.69, 9.17) is 5.11 Å². The van der Waals surface area contributed by atoms with Gasteiger partial charge in [0.15, 0.2) is 0 Å². The van der Waals surface area contributed by atoms with Crippen LogP contribution in [0.1, 0.15) is 71.1 Å². The van der Waals surface area contributed by atoms with Crippen molar-refractivity contribution in [2.24, 2.45) is 0 Å². The molecule has 29 heavy (non-hydrogen) atoms. The Bertz CT molecular complexity index is 541. The normalized spacial score (nSPS) is 13.3. The Labute approximate surface area is 180 Å². The van der Waals surface area contributed by atoms with Gasteiger partial charge in [-0.3, -0.25) is 14.9 Å². The number of carboxylic acids is 1. The van der Waals surface area contributed by atoms with E-state index in [9.17, 15) is 14.9 Å². The SMILES string of the molecule is CCCCC/C=C/C/C=C/C(/C=C/C/C=C/CCCCSCCC(=O)O)[N+](=O)[O-]. The molecule has 0 saturated heterocycles. The summed E-state index contributed by atoms with van der Waals surface area (Å²) in [6.07, 6.45) is 24.9. The molecule has 1 N–H and O–H groups in total. The van der Waals surface area contributed by atoms with Crippen molar-refractivity contribution >= 4 is 17.7 Å². The zero-order valence-corrected chi connectivity index (χ0v) is 18.5. The van der Waals surface area contributed by atoms with Crippen molar-refractivity contribution in [3.63, 3.8) is 0 Å². The second-order valence-electron chi connectivity index (χ2n) is 6.79. The van der Waals surface area contributed by atoms with Gasteiger partial charge in [-0.2, -0.15) is 11.8 Å². The first-order valence-electron chi connectivity index (χ1n) is 10.6. The second-order valence-corrected chi connectivity index (χ2v) is 8.02. The van der Waals surface area contributed by atoms with E-state index in [1.54, 1.807) is 23.9 Å². The molecule has 0 fully saturated rings. The smallest absolute Gasteiger partial charge is 0.304 e. The van der Waals surface area contributed by atoms with Gasteiger partial charge in [0.05, 0.1) is 6.42 Å². The van der Waals surface area contributed by atoms with Crippen LogP contribution in [0.3, 0.4) is 0 Å². The molecule has 0 rings (SSSR count). The molecule has 5 nitrogen and oxygen atoms in total. The number of thioether (sulfide) groups is 1. The number of aliphatic carboxylic acids is 1. The molecule has 0 amide bonds. The predicted molar refractivity (Wildman–Crippen MR) is 124 cm³/mol. The number of nitro groups is 1. The lowest BCUT2D eigenvalue weighted by molar-refractivity contribution is -0.496. The van der Waals surface area contributed by atoms with Crippen molar-refractivity contribution in [3.8, 4) is 0 Å². The zero-order valence-electron chi connectivity index (χ0n) is 17.7. The van der Waals surface area contributed by atoms with Crippen LogP contribution in [0.15, 0.2) is 48.6 Å². The number of hydrogen-bond donors (Lipinski definition) is 1. The van der Waals surface area contributed by atoms with Gasteiger partial charge in [0.1, 0.15) is 0 Å². The molecule has 164 valence electrons. The Kier molecular flexibility index (Phi) is 19.6. The Hall–Kier alpha value is -1.82. The lowest BCUT2D eigenvalue weighted by atomic mass is 10.2. The maximum atomic E-state index is 11.1. The lowest BCUT2D eigenvalue weighted by Crippen LogP contribution is -2.13. The van der Waals surface area contributed by atoms with Crippen molar-refractivity contribution in [1.29, 1.82) is 0 Å². The number of hydrogen-bond acceptors (Lipinski definition) is 4. The Balaban J connectivity index is 3.87. The summed E-state index contributed by atoms with van der Waals surface area (Å²) in [6.45, 7) is 2.18. The molecule has 0 radical (unpaired) electrons. The molecule has 0 heterocycles. The van der Waals surface area contributed by atoms with E-state index >= 15 is 0 Å². The third-order valence-electron chi connectivity index (χ3n) is 4.13. The van der Waals surface area contributed by atoms with Gasteiger partial charge in [-0.25, -0.2) is 0 Å². The molecule has 0 spiro atoms. The highest BCUT2D eigenvalue weighted by molar-refractivity contribution is 7.99. The third-order valence-corrected chi connectivity index (χ3v) is 5.20. The number of unbranched alkanes of at least 4 members (excludes halogenated alkanes) is 5. The Morgan fingerprint density at radius 3 is 2.03 bits per heavy atom. The van der Waals surface area contributed by atoms with Gasteiger partial charge in [0, 0.05) is 10.7 Å². The fourth-order valence-corrected chi connectivity index (χ4v) is 3.40. The highest BCUT2D eigenvalue weighted by Crippen LogP contribution is 2.08. The first-order valence-corrected chi connectivity index (χ1v) is 11.8. The van der Waals surface area contributed by atoms with Crippen LogP contribution < -0.4 is 0 Å². The molecule has 0 aromatic heterocycles. The molecule has 0 bridgehead atoms. The standard InChI is InChI=1S/C23H37NO4S/c1-2-3-4-5-6-8-11-14-17-22(24(27)28)18-15-12-9-7-10-13-16-20-29-21-19-23(25)26/h6-9,14-15,17-18,22H,2-5,10-13,16,19-21H2,1H3,(H,25,26)/b8-6+,9-7+,17-14+,18-15+. The van der Waals surface area contributed by atoms with Gasteiger partial charge in [0.2, 0.25) is 6.04 Å². The van der Waals surface area contributed by atoms with E-state index in [2.05, 4.69) is 25.2 Å². The molecular weight excluding hydrogens is 386 g/mol. The van der Waals surface area contributed by atoms with Gasteiger partial charge in [-0.15, -0.1) is 0 Å². The highest BCUT2D eigenvalue weighted by atomic mass is 32.2. The molecule has 0 aromatic rings. The van der Waals surface area contributed by atoms with E-state index in [1.165, 1.54) is 19.3 Å². The highest BCUT2D eigenvalue weighted by Gasteiger charge is 2.09. The molecule has 0 saturated carbocycles. The average molecular weight is 424 g/mol. The maximum Gasteiger partial charge on any atom is 0.304 e. The van der Waals surface area contributed by atoms with E-state index in [0.29, 0.717) is 12.2 Å². The number of carbonyl (C=O) groups is 1. The van der Waals surface area contributed by atoms with Gasteiger partial charge in [-0.05, 0) is 62.9 Å². The summed E-state index contributed by atoms with van der Waals surface area (Å²) >= 11 is 1.68. The Morgan fingerprint density at radius 2 is 1.52 bits per heavy atom. The molecule has 0 aromatic carbocycles. The van der Waals surface area contributed by atoms with E-state index in [1.807, 2.05) is 18.2 Å². The van der Waals surface area contributed by atoms with E-state index < -0.39 is 12.0 Å². The summed E-state index contributed by atoms with van der Waals surface area (Å²) in [4.78, 5) is 21.2. The summed E-state index contributed by atoms with van der Waals surface area (Å²) < 4.78 is 0. The second kappa shape index (κ2) is 20.9. The molecule has 0 aliphatic heterocycles. The first-order chi connectivity index (χ1) is 14.1. The quantitative estimate of drug-likeness (QED) is 0.110. The van der Waals surface area contributed by atoms with Crippen molar-refractivity contribution in [1.82, 2.24) is 0 Å². The largest absolute Gasteiger partial charge is 0.481 e. The van der Waals surface area contributed by atoms with Crippen molar-refractivity contribution in [2.75, 3.05) is 11.5 Å². The van der Waals surface area contributed by atoms with Crippen LogP contribution in [0.2, 0.25) is 0 Å². The zero-order chi connectivity index (χ0) is 21.6. The average Bonchev–Trinajstić information content (AvgIpc) is 2.68. The van der Waals surface area contributed by atoms with Crippen molar-refractivity contribution < 1.29 is 14.8 Å². The minimum absolute atomic E-state index is 0.229. The summed E-state index contributed by atoms with van der Waals surface area (Å²) in [5.74, 6) is 0.932. The van der Waals surface area contributed by atoms with Crippen molar-refractivity contribution in [2.45, 2.75) is 77.2 Å². The van der Waals surface area contributed by atoms with Crippen LogP contribution >= 0.6 is 11.8 Å². The van der Waals surface area contributed by atoms with Crippen LogP contribution in [0.5, 0.6) is 0 Å². The minimum atomic E-state index is -0.764. The fourth-order valence-electron chi connectivity index (χ4n) is 2.47. The molecule has 0 aliphatic carbocycles. The van der Waals surface area contributed by atoms with Crippen molar-refractivity contribution in [3.05, 3.63) is 58.7 Å². The molecule has 1 unspecified atom stereocenters. The van der Waals surface area contributed by atoms with Crippen LogP contribution in [0.25, 0.3) is 0 Å². The fraction of sp³-hybridized carbons (Fsp3) is 0.609. The van der Waals surface area contributed by atoms with E-state index in [-0.39, 0.29) is 11.3 Å². The molecule has 6 heteroatoms. The van der Waals surface area contributed by atoms with Crippen LogP contribution in [0.4, 0.5) is 0 Å². The lowest BCUT2D eigenvalue weighted by Gasteiger charge is -1.98. The van der Waals surface area contributed by atoms with Crippen LogP contribution in [0, 0.1) is 10.1 Å².